The van der Waals surface area contributed by atoms with Crippen LogP contribution in [0, 0.1) is 0 Å². The van der Waals surface area contributed by atoms with Gasteiger partial charge in [-0.3, -0.25) is 9.59 Å². The number of hydrogen-bond acceptors (Lipinski definition) is 6. The zero-order valence-corrected chi connectivity index (χ0v) is 18.3. The van der Waals surface area contributed by atoms with Crippen molar-refractivity contribution < 1.29 is 22.4 Å². The van der Waals surface area contributed by atoms with E-state index in [0.717, 1.165) is 4.47 Å². The zero-order chi connectivity index (χ0) is 21.4. The van der Waals surface area contributed by atoms with E-state index in [4.69, 9.17) is 4.42 Å². The van der Waals surface area contributed by atoms with E-state index in [1.807, 2.05) is 0 Å². The summed E-state index contributed by atoms with van der Waals surface area (Å²) in [5.74, 6) is -0.871. The Morgan fingerprint density at radius 3 is 2.41 bits per heavy atom. The number of hydrogen-bond donors (Lipinski definition) is 2. The van der Waals surface area contributed by atoms with Crippen molar-refractivity contribution in [3.63, 3.8) is 0 Å². The fraction of sp³-hybridized carbons (Fsp3) is 0.278. The monoisotopic (exact) mass is 484 g/mol. The Labute approximate surface area is 177 Å². The highest BCUT2D eigenvalue weighted by Crippen LogP contribution is 2.15. The number of nitrogens with one attached hydrogen (secondary N) is 2. The lowest BCUT2D eigenvalue weighted by Crippen LogP contribution is -2.41. The van der Waals surface area contributed by atoms with Crippen LogP contribution in [0.2, 0.25) is 0 Å². The Morgan fingerprint density at radius 1 is 1.14 bits per heavy atom. The molecule has 11 heteroatoms. The van der Waals surface area contributed by atoms with Gasteiger partial charge in [0.15, 0.2) is 0 Å². The Balaban J connectivity index is 1.90. The van der Waals surface area contributed by atoms with Gasteiger partial charge in [0.1, 0.15) is 11.5 Å². The molecule has 2 aromatic rings. The molecule has 0 saturated heterocycles. The first kappa shape index (κ1) is 22.8. The molecule has 1 heterocycles. The minimum Gasteiger partial charge on any atom is -0.459 e. The van der Waals surface area contributed by atoms with Crippen molar-refractivity contribution in [2.75, 3.05) is 13.1 Å². The van der Waals surface area contributed by atoms with Crippen LogP contribution in [0.3, 0.4) is 0 Å². The minimum absolute atomic E-state index is 0.0565. The van der Waals surface area contributed by atoms with Gasteiger partial charge in [0, 0.05) is 17.6 Å². The fourth-order valence-electron chi connectivity index (χ4n) is 2.28. The van der Waals surface area contributed by atoms with Gasteiger partial charge in [-0.15, -0.1) is 0 Å². The maximum atomic E-state index is 12.3. The number of furan rings is 1. The summed E-state index contributed by atoms with van der Waals surface area (Å²) in [5.41, 5.74) is 2.14. The van der Waals surface area contributed by atoms with Crippen LogP contribution in [0.1, 0.15) is 25.4 Å². The molecule has 2 N–H and O–H groups in total. The SMILES string of the molecule is CCN(CC)C(=O)C(=O)N/N=C/c1ccc(CNS(=O)(=O)c2ccc(Br)cc2)o1. The normalized spacial score (nSPS) is 11.6. The van der Waals surface area contributed by atoms with E-state index in [-0.39, 0.29) is 11.4 Å². The molecule has 0 bridgehead atoms. The summed E-state index contributed by atoms with van der Waals surface area (Å²) in [6, 6.07) is 9.37. The van der Waals surface area contributed by atoms with Crippen LogP contribution in [-0.4, -0.2) is 44.4 Å². The van der Waals surface area contributed by atoms with Crippen molar-refractivity contribution in [2.24, 2.45) is 5.10 Å². The third-order valence-corrected chi connectivity index (χ3v) is 5.79. The molecule has 2 amide bonds. The van der Waals surface area contributed by atoms with Gasteiger partial charge >= 0.3 is 11.8 Å². The highest BCUT2D eigenvalue weighted by atomic mass is 79.9. The summed E-state index contributed by atoms with van der Waals surface area (Å²) >= 11 is 3.25. The van der Waals surface area contributed by atoms with Gasteiger partial charge in [0.05, 0.1) is 17.7 Å². The molecule has 1 aromatic heterocycles. The first-order valence-corrected chi connectivity index (χ1v) is 11.0. The standard InChI is InChI=1S/C18H21BrN4O5S/c1-3-23(4-2)18(25)17(24)22-20-11-14-7-8-15(28-14)12-21-29(26,27)16-9-5-13(19)6-10-16/h5-11,21H,3-4,12H2,1-2H3,(H,22,24)/b20-11+. The van der Waals surface area contributed by atoms with Gasteiger partial charge in [-0.2, -0.15) is 5.10 Å². The summed E-state index contributed by atoms with van der Waals surface area (Å²) < 4.78 is 33.2. The molecule has 0 fully saturated rings. The largest absolute Gasteiger partial charge is 0.459 e. The third-order valence-electron chi connectivity index (χ3n) is 3.85. The number of halogens is 1. The number of benzene rings is 1. The molecular formula is C18H21BrN4O5S. The number of rotatable bonds is 8. The van der Waals surface area contributed by atoms with E-state index in [9.17, 15) is 18.0 Å². The van der Waals surface area contributed by atoms with Crippen molar-refractivity contribution in [1.29, 1.82) is 0 Å². The van der Waals surface area contributed by atoms with Crippen molar-refractivity contribution in [1.82, 2.24) is 15.0 Å². The van der Waals surface area contributed by atoms with E-state index < -0.39 is 21.8 Å². The van der Waals surface area contributed by atoms with Gasteiger partial charge in [-0.05, 0) is 50.2 Å². The Hall–Kier alpha value is -2.50. The van der Waals surface area contributed by atoms with Gasteiger partial charge in [-0.25, -0.2) is 18.6 Å². The highest BCUT2D eigenvalue weighted by Gasteiger charge is 2.18. The molecule has 0 saturated carbocycles. The third kappa shape index (κ3) is 6.51. The summed E-state index contributed by atoms with van der Waals surface area (Å²) in [5, 5.41) is 3.68. The molecule has 0 spiro atoms. The Kier molecular flexibility index (Phi) is 8.11. The number of sulfonamides is 1. The van der Waals surface area contributed by atoms with Crippen LogP contribution < -0.4 is 10.1 Å². The fourth-order valence-corrected chi connectivity index (χ4v) is 3.54. The number of amides is 2. The van der Waals surface area contributed by atoms with Crippen molar-refractivity contribution in [2.45, 2.75) is 25.3 Å². The highest BCUT2D eigenvalue weighted by molar-refractivity contribution is 9.10. The van der Waals surface area contributed by atoms with Crippen LogP contribution in [0.25, 0.3) is 0 Å². The minimum atomic E-state index is -3.68. The van der Waals surface area contributed by atoms with Gasteiger partial charge in [0.25, 0.3) is 0 Å². The molecule has 156 valence electrons. The molecule has 2 rings (SSSR count). The molecule has 29 heavy (non-hydrogen) atoms. The average Bonchev–Trinajstić information content (AvgIpc) is 3.15. The average molecular weight is 485 g/mol. The molecule has 0 aliphatic heterocycles. The van der Waals surface area contributed by atoms with Gasteiger partial charge < -0.3 is 9.32 Å². The second-order valence-corrected chi connectivity index (χ2v) is 8.44. The predicted molar refractivity (Wildman–Crippen MR) is 111 cm³/mol. The molecule has 0 aliphatic rings. The van der Waals surface area contributed by atoms with Crippen LogP contribution in [0.4, 0.5) is 0 Å². The van der Waals surface area contributed by atoms with Crippen molar-refractivity contribution >= 4 is 44.0 Å². The second kappa shape index (κ2) is 10.3. The van der Waals surface area contributed by atoms with Gasteiger partial charge in [0.2, 0.25) is 10.0 Å². The Bertz CT molecular complexity index is 982. The molecule has 1 aromatic carbocycles. The molecule has 0 atom stereocenters. The number of carbonyl (C=O) groups is 2. The first-order chi connectivity index (χ1) is 13.8. The predicted octanol–water partition coefficient (Wildman–Crippen LogP) is 1.84. The van der Waals surface area contributed by atoms with E-state index >= 15 is 0 Å². The lowest BCUT2D eigenvalue weighted by Gasteiger charge is -2.16. The smallest absolute Gasteiger partial charge is 0.329 e. The summed E-state index contributed by atoms with van der Waals surface area (Å²) in [6.45, 7) is 4.33. The first-order valence-electron chi connectivity index (χ1n) is 8.73. The number of nitrogens with zero attached hydrogens (tertiary/aromatic N) is 2. The number of hydrazone groups is 1. The summed E-state index contributed by atoms with van der Waals surface area (Å²) in [6.07, 6.45) is 1.22. The van der Waals surface area contributed by atoms with Crippen molar-refractivity contribution in [3.8, 4) is 0 Å². The quantitative estimate of drug-likeness (QED) is 0.336. The van der Waals surface area contributed by atoms with Crippen molar-refractivity contribution in [3.05, 3.63) is 52.4 Å². The lowest BCUT2D eigenvalue weighted by atomic mass is 10.4. The number of likely N-dealkylation sites (N-methyl/N-ethyl adjacent to an activating group) is 1. The van der Waals surface area contributed by atoms with E-state index in [0.29, 0.717) is 24.6 Å². The van der Waals surface area contributed by atoms with E-state index in [1.165, 1.54) is 23.2 Å². The van der Waals surface area contributed by atoms with Crippen LogP contribution in [0.5, 0.6) is 0 Å². The Morgan fingerprint density at radius 2 is 1.79 bits per heavy atom. The van der Waals surface area contributed by atoms with Gasteiger partial charge in [-0.1, -0.05) is 15.9 Å². The van der Waals surface area contributed by atoms with Crippen LogP contribution in [-0.2, 0) is 26.2 Å². The van der Waals surface area contributed by atoms with Crippen LogP contribution >= 0.6 is 15.9 Å². The topological polar surface area (TPSA) is 121 Å². The maximum absolute atomic E-state index is 12.3. The van der Waals surface area contributed by atoms with E-state index in [2.05, 4.69) is 31.2 Å². The number of carbonyl (C=O) groups excluding carboxylic acids is 2. The van der Waals surface area contributed by atoms with E-state index in [1.54, 1.807) is 38.1 Å². The molecule has 9 nitrogen and oxygen atoms in total. The summed E-state index contributed by atoms with van der Waals surface area (Å²) in [7, 11) is -3.68. The molecule has 0 radical (unpaired) electrons. The van der Waals surface area contributed by atoms with Crippen LogP contribution in [0.15, 0.2) is 55.3 Å². The lowest BCUT2D eigenvalue weighted by molar-refractivity contribution is -0.145. The maximum Gasteiger partial charge on any atom is 0.329 e. The zero-order valence-electron chi connectivity index (χ0n) is 15.9. The summed E-state index contributed by atoms with van der Waals surface area (Å²) in [4.78, 5) is 25.1. The second-order valence-electron chi connectivity index (χ2n) is 5.76. The molecule has 0 aliphatic carbocycles. The molecule has 0 unspecified atom stereocenters. The molecular weight excluding hydrogens is 464 g/mol.